The molecule has 2 aromatic rings. The molecule has 110 valence electrons. The summed E-state index contributed by atoms with van der Waals surface area (Å²) in [6.07, 6.45) is -0.173. The lowest BCUT2D eigenvalue weighted by Gasteiger charge is -2.29. The van der Waals surface area contributed by atoms with Gasteiger partial charge in [-0.3, -0.25) is 4.79 Å². The van der Waals surface area contributed by atoms with Crippen molar-refractivity contribution >= 4 is 17.4 Å². The van der Waals surface area contributed by atoms with Gasteiger partial charge in [0.1, 0.15) is 12.3 Å². The molecule has 0 saturated carbocycles. The van der Waals surface area contributed by atoms with Crippen LogP contribution in [0.5, 0.6) is 11.5 Å². The molecule has 6 heteroatoms. The zero-order valence-corrected chi connectivity index (χ0v) is 12.7. The van der Waals surface area contributed by atoms with Crippen LogP contribution in [-0.4, -0.2) is 41.5 Å². The first-order valence-corrected chi connectivity index (χ1v) is 7.48. The third kappa shape index (κ3) is 3.00. The predicted octanol–water partition coefficient (Wildman–Crippen LogP) is 2.36. The van der Waals surface area contributed by atoms with Crippen LogP contribution in [0.3, 0.4) is 0 Å². The lowest BCUT2D eigenvalue weighted by atomic mass is 10.2. The van der Waals surface area contributed by atoms with Crippen LogP contribution in [-0.2, 0) is 0 Å². The summed E-state index contributed by atoms with van der Waals surface area (Å²) in [4.78, 5) is 14.9. The largest absolute Gasteiger partial charge is 0.486 e. The molecular weight excluding hydrogens is 288 g/mol. The van der Waals surface area contributed by atoms with Crippen LogP contribution in [0.1, 0.15) is 15.4 Å². The highest BCUT2D eigenvalue weighted by Gasteiger charge is 2.24. The summed E-state index contributed by atoms with van der Waals surface area (Å²) in [6, 6.07) is 9.35. The Bertz CT molecular complexity index is 656. The molecule has 21 heavy (non-hydrogen) atoms. The van der Waals surface area contributed by atoms with Gasteiger partial charge in [0.15, 0.2) is 17.6 Å². The monoisotopic (exact) mass is 304 g/mol. The van der Waals surface area contributed by atoms with E-state index in [1.807, 2.05) is 31.2 Å². The molecule has 1 atom stereocenters. The van der Waals surface area contributed by atoms with E-state index in [1.165, 1.54) is 11.5 Å². The molecule has 5 nitrogen and oxygen atoms in total. The van der Waals surface area contributed by atoms with Crippen molar-refractivity contribution < 1.29 is 14.3 Å². The van der Waals surface area contributed by atoms with Crippen LogP contribution in [0.25, 0.3) is 0 Å². The molecule has 0 radical (unpaired) electrons. The highest BCUT2D eigenvalue weighted by atomic mass is 32.1. The number of carbonyl (C=O) groups is 1. The molecule has 1 aliphatic heterocycles. The minimum absolute atomic E-state index is 0.0955. The van der Waals surface area contributed by atoms with Gasteiger partial charge >= 0.3 is 0 Å². The van der Waals surface area contributed by atoms with Crippen LogP contribution < -0.4 is 9.47 Å². The molecule has 1 unspecified atom stereocenters. The number of para-hydroxylation sites is 2. The maximum absolute atomic E-state index is 12.3. The molecule has 0 bridgehead atoms. The molecular formula is C15H16N2O3S. The van der Waals surface area contributed by atoms with Gasteiger partial charge in [0.25, 0.3) is 5.91 Å². The normalized spacial score (nSPS) is 16.6. The van der Waals surface area contributed by atoms with E-state index in [-0.39, 0.29) is 12.0 Å². The molecule has 0 fully saturated rings. The highest BCUT2D eigenvalue weighted by Crippen LogP contribution is 2.31. The SMILES string of the molecule is Cc1cc(C(=O)N(C)CC2COc3ccccc3O2)ns1. The van der Waals surface area contributed by atoms with Gasteiger partial charge in [-0.1, -0.05) is 12.1 Å². The lowest BCUT2D eigenvalue weighted by Crippen LogP contribution is -2.41. The van der Waals surface area contributed by atoms with Crippen molar-refractivity contribution in [1.29, 1.82) is 0 Å². The molecule has 0 spiro atoms. The Hall–Kier alpha value is -2.08. The Morgan fingerprint density at radius 2 is 2.19 bits per heavy atom. The second-order valence-corrected chi connectivity index (χ2v) is 6.02. The molecule has 0 aliphatic carbocycles. The van der Waals surface area contributed by atoms with Crippen molar-refractivity contribution in [2.75, 3.05) is 20.2 Å². The third-order valence-electron chi connectivity index (χ3n) is 3.24. The standard InChI is InChI=1S/C15H16N2O3S/c1-10-7-12(16-21-10)15(18)17(2)8-11-9-19-13-5-3-4-6-14(13)20-11/h3-7,11H,8-9H2,1-2H3. The van der Waals surface area contributed by atoms with Gasteiger partial charge < -0.3 is 14.4 Å². The Kier molecular flexibility index (Phi) is 3.79. The number of rotatable bonds is 3. The van der Waals surface area contributed by atoms with Crippen molar-refractivity contribution in [3.05, 3.63) is 40.9 Å². The molecule has 1 aromatic heterocycles. The van der Waals surface area contributed by atoms with Gasteiger partial charge in [-0.15, -0.1) is 0 Å². The average molecular weight is 304 g/mol. The molecule has 3 rings (SSSR count). The number of fused-ring (bicyclic) bond motifs is 1. The second-order valence-electron chi connectivity index (χ2n) is 5.01. The quantitative estimate of drug-likeness (QED) is 0.873. The number of nitrogens with zero attached hydrogens (tertiary/aromatic N) is 2. The number of amides is 1. The number of carbonyl (C=O) groups excluding carboxylic acids is 1. The smallest absolute Gasteiger partial charge is 0.273 e. The summed E-state index contributed by atoms with van der Waals surface area (Å²) in [5.41, 5.74) is 0.483. The molecule has 1 aliphatic rings. The number of likely N-dealkylation sites (N-methyl/N-ethyl adjacent to an activating group) is 1. The van der Waals surface area contributed by atoms with Crippen molar-refractivity contribution in [2.24, 2.45) is 0 Å². The summed E-state index contributed by atoms with van der Waals surface area (Å²) in [6.45, 7) is 2.83. The van der Waals surface area contributed by atoms with E-state index in [0.29, 0.717) is 18.8 Å². The number of benzene rings is 1. The van der Waals surface area contributed by atoms with Crippen LogP contribution in [0.15, 0.2) is 30.3 Å². The van der Waals surface area contributed by atoms with Crippen LogP contribution >= 0.6 is 11.5 Å². The lowest BCUT2D eigenvalue weighted by molar-refractivity contribution is 0.0518. The summed E-state index contributed by atoms with van der Waals surface area (Å²) >= 11 is 1.33. The first-order chi connectivity index (χ1) is 10.1. The fourth-order valence-electron chi connectivity index (χ4n) is 2.20. The number of aromatic nitrogens is 1. The second kappa shape index (κ2) is 5.73. The molecule has 0 N–H and O–H groups in total. The fourth-order valence-corrected chi connectivity index (χ4v) is 2.74. The topological polar surface area (TPSA) is 51.7 Å². The van der Waals surface area contributed by atoms with Gasteiger partial charge in [-0.25, -0.2) is 0 Å². The zero-order valence-electron chi connectivity index (χ0n) is 11.9. The summed E-state index contributed by atoms with van der Waals surface area (Å²) in [7, 11) is 1.75. The van der Waals surface area contributed by atoms with Gasteiger partial charge in [-0.2, -0.15) is 4.37 Å². The Balaban J connectivity index is 1.63. The minimum atomic E-state index is -0.173. The van der Waals surface area contributed by atoms with Crippen LogP contribution in [0.2, 0.25) is 0 Å². The van der Waals surface area contributed by atoms with E-state index in [2.05, 4.69) is 4.37 Å². The van der Waals surface area contributed by atoms with E-state index in [9.17, 15) is 4.79 Å². The molecule has 1 amide bonds. The number of ether oxygens (including phenoxy) is 2. The molecule has 0 saturated heterocycles. The van der Waals surface area contributed by atoms with Crippen molar-refractivity contribution in [3.63, 3.8) is 0 Å². The van der Waals surface area contributed by atoms with Crippen LogP contribution in [0, 0.1) is 6.92 Å². The third-order valence-corrected chi connectivity index (χ3v) is 3.93. The van der Waals surface area contributed by atoms with Crippen molar-refractivity contribution in [1.82, 2.24) is 9.27 Å². The first kappa shape index (κ1) is 13.9. The van der Waals surface area contributed by atoms with E-state index in [0.717, 1.165) is 16.4 Å². The maximum atomic E-state index is 12.3. The zero-order chi connectivity index (χ0) is 14.8. The highest BCUT2D eigenvalue weighted by molar-refractivity contribution is 7.05. The Morgan fingerprint density at radius 1 is 1.43 bits per heavy atom. The van der Waals surface area contributed by atoms with E-state index >= 15 is 0 Å². The van der Waals surface area contributed by atoms with E-state index < -0.39 is 0 Å². The number of hydrogen-bond donors (Lipinski definition) is 0. The molecule has 2 heterocycles. The minimum Gasteiger partial charge on any atom is -0.486 e. The average Bonchev–Trinajstić information content (AvgIpc) is 2.93. The summed E-state index contributed by atoms with van der Waals surface area (Å²) < 4.78 is 15.7. The van der Waals surface area contributed by atoms with Crippen molar-refractivity contribution in [3.8, 4) is 11.5 Å². The van der Waals surface area contributed by atoms with Gasteiger partial charge in [0, 0.05) is 11.9 Å². The summed E-state index contributed by atoms with van der Waals surface area (Å²) in [5.74, 6) is 1.37. The van der Waals surface area contributed by atoms with Gasteiger partial charge in [0.2, 0.25) is 0 Å². The molecule has 1 aromatic carbocycles. The van der Waals surface area contributed by atoms with E-state index in [1.54, 1.807) is 18.0 Å². The fraction of sp³-hybridized carbons (Fsp3) is 0.333. The number of aryl methyl sites for hydroxylation is 1. The van der Waals surface area contributed by atoms with Gasteiger partial charge in [0.05, 0.1) is 6.54 Å². The van der Waals surface area contributed by atoms with E-state index in [4.69, 9.17) is 9.47 Å². The predicted molar refractivity (Wildman–Crippen MR) is 80.2 cm³/mol. The van der Waals surface area contributed by atoms with Gasteiger partial charge in [-0.05, 0) is 36.7 Å². The summed E-state index contributed by atoms with van der Waals surface area (Å²) in [5, 5.41) is 0. The number of hydrogen-bond acceptors (Lipinski definition) is 5. The Morgan fingerprint density at radius 3 is 2.90 bits per heavy atom. The van der Waals surface area contributed by atoms with Crippen LogP contribution in [0.4, 0.5) is 0 Å². The Labute approximate surface area is 127 Å². The maximum Gasteiger partial charge on any atom is 0.273 e. The first-order valence-electron chi connectivity index (χ1n) is 6.71. The van der Waals surface area contributed by atoms with Crippen molar-refractivity contribution in [2.45, 2.75) is 13.0 Å².